The van der Waals surface area contributed by atoms with Gasteiger partial charge >= 0.3 is 0 Å². The average Bonchev–Trinajstić information content (AvgIpc) is 2.45. The van der Waals surface area contributed by atoms with Gasteiger partial charge in [-0.3, -0.25) is 4.79 Å². The lowest BCUT2D eigenvalue weighted by Gasteiger charge is -2.26. The van der Waals surface area contributed by atoms with Gasteiger partial charge in [-0.1, -0.05) is 25.7 Å². The van der Waals surface area contributed by atoms with Crippen LogP contribution < -0.4 is 0 Å². The quantitative estimate of drug-likeness (QED) is 0.600. The largest absolute Gasteiger partial charge is 0.497 e. The van der Waals surface area contributed by atoms with Crippen LogP contribution in [0, 0.1) is 5.92 Å². The van der Waals surface area contributed by atoms with Gasteiger partial charge in [-0.2, -0.15) is 0 Å². The number of ether oxygens (including phenoxy) is 1. The molecule has 1 unspecified atom stereocenters. The van der Waals surface area contributed by atoms with Gasteiger partial charge < -0.3 is 4.74 Å². The summed E-state index contributed by atoms with van der Waals surface area (Å²) in [6, 6.07) is 0. The van der Waals surface area contributed by atoms with Crippen molar-refractivity contribution in [1.82, 2.24) is 0 Å². The molecule has 0 N–H and O–H groups in total. The smallest absolute Gasteiger partial charge is 0.162 e. The van der Waals surface area contributed by atoms with Crippen LogP contribution in [-0.4, -0.2) is 11.9 Å². The number of allylic oxidation sites excluding steroid dienone is 1. The highest BCUT2D eigenvalue weighted by atomic mass is 16.5. The Labute approximate surface area is 85.3 Å². The van der Waals surface area contributed by atoms with Gasteiger partial charge in [0.1, 0.15) is 6.10 Å². The number of carbonyl (C=O) groups excluding carboxylic acids is 1. The Kier molecular flexibility index (Phi) is 3.22. The molecule has 2 heteroatoms. The first kappa shape index (κ1) is 9.75. The first-order valence-corrected chi connectivity index (χ1v) is 5.71. The maximum absolute atomic E-state index is 11.2. The minimum Gasteiger partial charge on any atom is -0.497 e. The van der Waals surface area contributed by atoms with Gasteiger partial charge in [0, 0.05) is 12.5 Å². The van der Waals surface area contributed by atoms with Crippen molar-refractivity contribution in [1.29, 1.82) is 0 Å². The molecule has 0 aromatic rings. The predicted octanol–water partition coefficient (Wildman–Crippen LogP) is 2.83. The molecule has 0 spiro atoms. The average molecular weight is 194 g/mol. The first-order valence-electron chi connectivity index (χ1n) is 5.71. The van der Waals surface area contributed by atoms with Crippen LogP contribution in [-0.2, 0) is 9.53 Å². The maximum Gasteiger partial charge on any atom is 0.162 e. The van der Waals surface area contributed by atoms with Gasteiger partial charge in [-0.25, -0.2) is 0 Å². The summed E-state index contributed by atoms with van der Waals surface area (Å²) in [5.74, 6) is 0.844. The number of ketones is 1. The number of rotatable bonds is 1. The summed E-state index contributed by atoms with van der Waals surface area (Å²) in [5.41, 5.74) is 0. The molecule has 1 aliphatic heterocycles. The van der Waals surface area contributed by atoms with E-state index < -0.39 is 0 Å². The highest BCUT2D eigenvalue weighted by Gasteiger charge is 2.26. The van der Waals surface area contributed by atoms with E-state index in [1.807, 2.05) is 0 Å². The Balaban J connectivity index is 1.92. The molecule has 0 radical (unpaired) electrons. The van der Waals surface area contributed by atoms with Crippen molar-refractivity contribution in [3.05, 3.63) is 12.3 Å². The van der Waals surface area contributed by atoms with Crippen molar-refractivity contribution in [2.45, 2.75) is 51.0 Å². The SMILES string of the molecule is O=C1C=COC(C2CCCCCC2)C1. The van der Waals surface area contributed by atoms with Crippen LogP contribution in [0.25, 0.3) is 0 Å². The van der Waals surface area contributed by atoms with E-state index in [1.54, 1.807) is 12.3 Å². The molecule has 1 aliphatic carbocycles. The fourth-order valence-corrected chi connectivity index (χ4v) is 2.49. The number of hydrogen-bond donors (Lipinski definition) is 0. The molecule has 1 heterocycles. The summed E-state index contributed by atoms with van der Waals surface area (Å²) in [4.78, 5) is 11.2. The second-order valence-electron chi connectivity index (χ2n) is 4.40. The lowest BCUT2D eigenvalue weighted by atomic mass is 9.90. The summed E-state index contributed by atoms with van der Waals surface area (Å²) in [6.45, 7) is 0. The number of hydrogen-bond acceptors (Lipinski definition) is 2. The van der Waals surface area contributed by atoms with Crippen molar-refractivity contribution in [2.24, 2.45) is 5.92 Å². The van der Waals surface area contributed by atoms with Gasteiger partial charge in [0.15, 0.2) is 5.78 Å². The van der Waals surface area contributed by atoms with Crippen LogP contribution in [0.5, 0.6) is 0 Å². The van der Waals surface area contributed by atoms with E-state index in [9.17, 15) is 4.79 Å². The molecule has 2 rings (SSSR count). The molecule has 78 valence electrons. The minimum atomic E-state index is 0.172. The van der Waals surface area contributed by atoms with Crippen LogP contribution in [0.2, 0.25) is 0 Å². The van der Waals surface area contributed by atoms with Crippen LogP contribution in [0.15, 0.2) is 12.3 Å². The summed E-state index contributed by atoms with van der Waals surface area (Å²) in [5, 5.41) is 0. The first-order chi connectivity index (χ1) is 6.86. The molecule has 1 atom stereocenters. The Morgan fingerprint density at radius 3 is 2.50 bits per heavy atom. The highest BCUT2D eigenvalue weighted by Crippen LogP contribution is 2.29. The van der Waals surface area contributed by atoms with E-state index in [2.05, 4.69) is 0 Å². The molecule has 0 saturated heterocycles. The van der Waals surface area contributed by atoms with E-state index in [4.69, 9.17) is 4.74 Å². The molecule has 0 aromatic carbocycles. The van der Waals surface area contributed by atoms with Crippen molar-refractivity contribution in [2.75, 3.05) is 0 Å². The molecular formula is C12H18O2. The molecule has 2 nitrogen and oxygen atoms in total. The maximum atomic E-state index is 11.2. The molecule has 14 heavy (non-hydrogen) atoms. The predicted molar refractivity (Wildman–Crippen MR) is 54.8 cm³/mol. The third kappa shape index (κ3) is 2.37. The topological polar surface area (TPSA) is 26.3 Å². The van der Waals surface area contributed by atoms with E-state index in [-0.39, 0.29) is 11.9 Å². The Morgan fingerprint density at radius 2 is 1.86 bits per heavy atom. The van der Waals surface area contributed by atoms with Gasteiger partial charge in [0.2, 0.25) is 0 Å². The molecule has 2 aliphatic rings. The van der Waals surface area contributed by atoms with Crippen molar-refractivity contribution in [3.8, 4) is 0 Å². The summed E-state index contributed by atoms with van der Waals surface area (Å²) < 4.78 is 5.54. The summed E-state index contributed by atoms with van der Waals surface area (Å²) >= 11 is 0. The molecule has 0 amide bonds. The van der Waals surface area contributed by atoms with Gasteiger partial charge in [-0.05, 0) is 18.8 Å². The molecule has 0 aromatic heterocycles. The second kappa shape index (κ2) is 4.63. The lowest BCUT2D eigenvalue weighted by Crippen LogP contribution is -2.27. The fraction of sp³-hybridized carbons (Fsp3) is 0.750. The van der Waals surface area contributed by atoms with E-state index >= 15 is 0 Å². The van der Waals surface area contributed by atoms with Crippen LogP contribution >= 0.6 is 0 Å². The molecule has 1 fully saturated rings. The Morgan fingerprint density at radius 1 is 1.14 bits per heavy atom. The Hall–Kier alpha value is -0.790. The standard InChI is InChI=1S/C12H18O2/c13-11-7-8-14-12(9-11)10-5-3-1-2-4-6-10/h7-8,10,12H,1-6,9H2. The van der Waals surface area contributed by atoms with Gasteiger partial charge in [0.05, 0.1) is 6.26 Å². The summed E-state index contributed by atoms with van der Waals surface area (Å²) in [6.07, 6.45) is 11.7. The van der Waals surface area contributed by atoms with E-state index in [1.165, 1.54) is 38.5 Å². The van der Waals surface area contributed by atoms with Crippen molar-refractivity contribution >= 4 is 5.78 Å². The molecular weight excluding hydrogens is 176 g/mol. The van der Waals surface area contributed by atoms with Crippen molar-refractivity contribution in [3.63, 3.8) is 0 Å². The van der Waals surface area contributed by atoms with Crippen LogP contribution in [0.4, 0.5) is 0 Å². The van der Waals surface area contributed by atoms with Crippen LogP contribution in [0.1, 0.15) is 44.9 Å². The third-order valence-electron chi connectivity index (χ3n) is 3.34. The lowest BCUT2D eigenvalue weighted by molar-refractivity contribution is -0.119. The van der Waals surface area contributed by atoms with Gasteiger partial charge in [-0.15, -0.1) is 0 Å². The zero-order chi connectivity index (χ0) is 9.80. The normalized spacial score (nSPS) is 29.7. The highest BCUT2D eigenvalue weighted by molar-refractivity contribution is 5.90. The second-order valence-corrected chi connectivity index (χ2v) is 4.40. The zero-order valence-electron chi connectivity index (χ0n) is 8.58. The summed E-state index contributed by atoms with van der Waals surface area (Å²) in [7, 11) is 0. The Bertz CT molecular complexity index is 224. The molecule has 1 saturated carbocycles. The van der Waals surface area contributed by atoms with E-state index in [0.717, 1.165) is 0 Å². The van der Waals surface area contributed by atoms with E-state index in [0.29, 0.717) is 12.3 Å². The number of carbonyl (C=O) groups is 1. The van der Waals surface area contributed by atoms with Crippen LogP contribution in [0.3, 0.4) is 0 Å². The fourth-order valence-electron chi connectivity index (χ4n) is 2.49. The third-order valence-corrected chi connectivity index (χ3v) is 3.34. The van der Waals surface area contributed by atoms with Gasteiger partial charge in [0.25, 0.3) is 0 Å². The zero-order valence-corrected chi connectivity index (χ0v) is 8.58. The minimum absolute atomic E-state index is 0.172. The molecule has 0 bridgehead atoms. The monoisotopic (exact) mass is 194 g/mol. The van der Waals surface area contributed by atoms with Crippen molar-refractivity contribution < 1.29 is 9.53 Å².